The molecule has 4 heteroatoms. The van der Waals surface area contributed by atoms with Gasteiger partial charge in [0.05, 0.1) is 6.61 Å². The van der Waals surface area contributed by atoms with Gasteiger partial charge < -0.3 is 15.0 Å². The van der Waals surface area contributed by atoms with E-state index in [1.165, 1.54) is 25.7 Å². The van der Waals surface area contributed by atoms with Crippen molar-refractivity contribution in [2.45, 2.75) is 32.6 Å². The Bertz CT molecular complexity index is 319. The summed E-state index contributed by atoms with van der Waals surface area (Å²) < 4.78 is 5.59. The molecule has 0 aromatic rings. The predicted octanol–water partition coefficient (Wildman–Crippen LogP) is 1.47. The lowest BCUT2D eigenvalue weighted by Crippen LogP contribution is -2.41. The number of guanidine groups is 1. The van der Waals surface area contributed by atoms with Crippen LogP contribution in [-0.2, 0) is 4.74 Å². The topological polar surface area (TPSA) is 36.9 Å². The van der Waals surface area contributed by atoms with Crippen molar-refractivity contribution in [3.05, 3.63) is 0 Å². The van der Waals surface area contributed by atoms with Crippen LogP contribution in [0, 0.1) is 11.3 Å². The Hall–Kier alpha value is -0.770. The van der Waals surface area contributed by atoms with Crippen molar-refractivity contribution in [1.29, 1.82) is 0 Å². The van der Waals surface area contributed by atoms with Crippen molar-refractivity contribution in [3.8, 4) is 0 Å². The Morgan fingerprint density at radius 3 is 3.00 bits per heavy atom. The normalized spacial score (nSPS) is 32.5. The van der Waals surface area contributed by atoms with E-state index in [-0.39, 0.29) is 0 Å². The molecular formula is C14H25N3O. The SMILES string of the molecule is CCNC(=NCC1CC1)N1CCC2(CCOC2)C1. The lowest BCUT2D eigenvalue weighted by atomic mass is 9.87. The smallest absolute Gasteiger partial charge is 0.193 e. The maximum absolute atomic E-state index is 5.59. The average Bonchev–Trinajstić information content (AvgIpc) is 2.95. The van der Waals surface area contributed by atoms with Gasteiger partial charge in [0.2, 0.25) is 0 Å². The van der Waals surface area contributed by atoms with E-state index in [4.69, 9.17) is 9.73 Å². The predicted molar refractivity (Wildman–Crippen MR) is 72.8 cm³/mol. The average molecular weight is 251 g/mol. The molecule has 2 aliphatic heterocycles. The molecule has 18 heavy (non-hydrogen) atoms. The minimum Gasteiger partial charge on any atom is -0.381 e. The lowest BCUT2D eigenvalue weighted by molar-refractivity contribution is 0.156. The first-order valence-corrected chi connectivity index (χ1v) is 7.42. The van der Waals surface area contributed by atoms with E-state index >= 15 is 0 Å². The summed E-state index contributed by atoms with van der Waals surface area (Å²) in [5, 5.41) is 3.45. The van der Waals surface area contributed by atoms with Crippen LogP contribution in [0.5, 0.6) is 0 Å². The number of likely N-dealkylation sites (tertiary alicyclic amines) is 1. The van der Waals surface area contributed by atoms with Crippen LogP contribution in [0.4, 0.5) is 0 Å². The summed E-state index contributed by atoms with van der Waals surface area (Å²) >= 11 is 0. The molecule has 0 amide bonds. The molecule has 3 rings (SSSR count). The van der Waals surface area contributed by atoms with E-state index in [0.717, 1.165) is 51.3 Å². The van der Waals surface area contributed by atoms with Crippen LogP contribution in [0.15, 0.2) is 4.99 Å². The van der Waals surface area contributed by atoms with Crippen molar-refractivity contribution in [3.63, 3.8) is 0 Å². The Kier molecular flexibility index (Phi) is 3.46. The van der Waals surface area contributed by atoms with Gasteiger partial charge in [-0.3, -0.25) is 4.99 Å². The van der Waals surface area contributed by atoms with Crippen molar-refractivity contribution >= 4 is 5.96 Å². The third-order valence-corrected chi connectivity index (χ3v) is 4.45. The summed E-state index contributed by atoms with van der Waals surface area (Å²) in [5.74, 6) is 2.00. The monoisotopic (exact) mass is 251 g/mol. The molecule has 2 heterocycles. The van der Waals surface area contributed by atoms with Gasteiger partial charge in [-0.15, -0.1) is 0 Å². The molecule has 0 bridgehead atoms. The molecule has 3 aliphatic rings. The van der Waals surface area contributed by atoms with E-state index in [9.17, 15) is 0 Å². The molecule has 1 atom stereocenters. The van der Waals surface area contributed by atoms with E-state index < -0.39 is 0 Å². The highest BCUT2D eigenvalue weighted by molar-refractivity contribution is 5.80. The zero-order chi connectivity index (χ0) is 12.4. The van der Waals surface area contributed by atoms with Crippen LogP contribution in [0.3, 0.4) is 0 Å². The van der Waals surface area contributed by atoms with Gasteiger partial charge in [0, 0.05) is 38.2 Å². The molecule has 2 saturated heterocycles. The van der Waals surface area contributed by atoms with Crippen LogP contribution in [-0.4, -0.2) is 50.3 Å². The molecular weight excluding hydrogens is 226 g/mol. The molecule has 4 nitrogen and oxygen atoms in total. The summed E-state index contributed by atoms with van der Waals surface area (Å²) in [5.41, 5.74) is 0.426. The van der Waals surface area contributed by atoms with Crippen LogP contribution in [0.1, 0.15) is 32.6 Å². The maximum Gasteiger partial charge on any atom is 0.193 e. The summed E-state index contributed by atoms with van der Waals surface area (Å²) in [6, 6.07) is 0. The van der Waals surface area contributed by atoms with Gasteiger partial charge in [-0.05, 0) is 38.5 Å². The first-order valence-electron chi connectivity index (χ1n) is 7.42. The molecule has 1 spiro atoms. The second-order valence-electron chi connectivity index (χ2n) is 6.11. The number of aliphatic imine (C=N–C) groups is 1. The van der Waals surface area contributed by atoms with Crippen LogP contribution in [0.25, 0.3) is 0 Å². The third kappa shape index (κ3) is 2.63. The number of rotatable bonds is 3. The fraction of sp³-hybridized carbons (Fsp3) is 0.929. The Morgan fingerprint density at radius 1 is 1.44 bits per heavy atom. The van der Waals surface area contributed by atoms with Gasteiger partial charge in [-0.2, -0.15) is 0 Å². The lowest BCUT2D eigenvalue weighted by Gasteiger charge is -2.24. The molecule has 1 N–H and O–H groups in total. The molecule has 1 saturated carbocycles. The highest BCUT2D eigenvalue weighted by Gasteiger charge is 2.42. The Balaban J connectivity index is 1.61. The Labute approximate surface area is 110 Å². The summed E-state index contributed by atoms with van der Waals surface area (Å²) in [4.78, 5) is 7.25. The van der Waals surface area contributed by atoms with Crippen LogP contribution < -0.4 is 5.32 Å². The van der Waals surface area contributed by atoms with Gasteiger partial charge in [0.1, 0.15) is 0 Å². The molecule has 102 valence electrons. The minimum absolute atomic E-state index is 0.426. The first kappa shape index (κ1) is 12.3. The number of nitrogens with zero attached hydrogens (tertiary/aromatic N) is 2. The quantitative estimate of drug-likeness (QED) is 0.610. The van der Waals surface area contributed by atoms with E-state index in [0.29, 0.717) is 5.41 Å². The highest BCUT2D eigenvalue weighted by Crippen LogP contribution is 2.38. The fourth-order valence-electron chi connectivity index (χ4n) is 3.03. The van der Waals surface area contributed by atoms with Crippen LogP contribution >= 0.6 is 0 Å². The molecule has 3 fully saturated rings. The van der Waals surface area contributed by atoms with E-state index in [1.807, 2.05) is 0 Å². The minimum atomic E-state index is 0.426. The van der Waals surface area contributed by atoms with Gasteiger partial charge in [-0.1, -0.05) is 0 Å². The zero-order valence-corrected chi connectivity index (χ0v) is 11.5. The van der Waals surface area contributed by atoms with Gasteiger partial charge in [-0.25, -0.2) is 0 Å². The fourth-order valence-corrected chi connectivity index (χ4v) is 3.03. The van der Waals surface area contributed by atoms with Gasteiger partial charge >= 0.3 is 0 Å². The van der Waals surface area contributed by atoms with E-state index in [1.54, 1.807) is 0 Å². The standard InChI is InChI=1S/C14H25N3O/c1-2-15-13(16-9-12-3-4-12)17-7-5-14(10-17)6-8-18-11-14/h12H,2-11H2,1H3,(H,15,16). The van der Waals surface area contributed by atoms with Crippen molar-refractivity contribution in [2.24, 2.45) is 16.3 Å². The Morgan fingerprint density at radius 2 is 2.33 bits per heavy atom. The first-order chi connectivity index (χ1) is 8.81. The second kappa shape index (κ2) is 5.08. The molecule has 0 aromatic carbocycles. The number of nitrogens with one attached hydrogen (secondary N) is 1. The van der Waals surface area contributed by atoms with Crippen molar-refractivity contribution < 1.29 is 4.74 Å². The van der Waals surface area contributed by atoms with Crippen LogP contribution in [0.2, 0.25) is 0 Å². The summed E-state index contributed by atoms with van der Waals surface area (Å²) in [6.07, 6.45) is 5.24. The zero-order valence-electron chi connectivity index (χ0n) is 11.5. The van der Waals surface area contributed by atoms with E-state index in [2.05, 4.69) is 17.1 Å². The van der Waals surface area contributed by atoms with Gasteiger partial charge in [0.25, 0.3) is 0 Å². The molecule has 1 unspecified atom stereocenters. The molecule has 0 aromatic heterocycles. The highest BCUT2D eigenvalue weighted by atomic mass is 16.5. The van der Waals surface area contributed by atoms with Gasteiger partial charge in [0.15, 0.2) is 5.96 Å². The third-order valence-electron chi connectivity index (χ3n) is 4.45. The molecule has 0 radical (unpaired) electrons. The summed E-state index contributed by atoms with van der Waals surface area (Å²) in [6.45, 7) is 8.29. The second-order valence-corrected chi connectivity index (χ2v) is 6.11. The van der Waals surface area contributed by atoms with Crippen molar-refractivity contribution in [2.75, 3.05) is 39.4 Å². The number of hydrogen-bond donors (Lipinski definition) is 1. The van der Waals surface area contributed by atoms with Crippen molar-refractivity contribution in [1.82, 2.24) is 10.2 Å². The number of ether oxygens (including phenoxy) is 1. The number of hydrogen-bond acceptors (Lipinski definition) is 2. The largest absolute Gasteiger partial charge is 0.381 e. The maximum atomic E-state index is 5.59. The summed E-state index contributed by atoms with van der Waals surface area (Å²) in [7, 11) is 0. The molecule has 1 aliphatic carbocycles.